The summed E-state index contributed by atoms with van der Waals surface area (Å²) >= 11 is 6.12. The second-order valence-corrected chi connectivity index (χ2v) is 7.67. The van der Waals surface area contributed by atoms with Crippen LogP contribution in [0.2, 0.25) is 5.02 Å². The van der Waals surface area contributed by atoms with Crippen LogP contribution in [0.15, 0.2) is 47.5 Å². The fraction of sp³-hybridized carbons (Fsp3) is 0.381. The molecular weight excluding hydrogens is 376 g/mol. The second kappa shape index (κ2) is 8.09. The molecule has 1 atom stereocenters. The minimum Gasteiger partial charge on any atom is -0.381 e. The third-order valence-corrected chi connectivity index (χ3v) is 5.60. The quantitative estimate of drug-likeness (QED) is 0.592. The summed E-state index contributed by atoms with van der Waals surface area (Å²) < 4.78 is 5.60. The first-order valence-corrected chi connectivity index (χ1v) is 9.90. The smallest absolute Gasteiger partial charge is 0.130 e. The molecule has 28 heavy (non-hydrogen) atoms. The van der Waals surface area contributed by atoms with Crippen molar-refractivity contribution in [2.45, 2.75) is 31.2 Å². The van der Waals surface area contributed by atoms with Gasteiger partial charge in [-0.2, -0.15) is 0 Å². The van der Waals surface area contributed by atoms with Gasteiger partial charge in [-0.05, 0) is 42.4 Å². The molecule has 0 aliphatic carbocycles. The van der Waals surface area contributed by atoms with E-state index in [1.54, 1.807) is 7.05 Å². The van der Waals surface area contributed by atoms with Crippen LogP contribution in [0, 0.1) is 0 Å². The molecule has 2 aliphatic heterocycles. The number of ether oxygens (including phenoxy) is 1. The van der Waals surface area contributed by atoms with E-state index in [4.69, 9.17) is 21.3 Å². The summed E-state index contributed by atoms with van der Waals surface area (Å²) in [4.78, 5) is 4.94. The zero-order valence-electron chi connectivity index (χ0n) is 15.8. The molecule has 1 spiro atoms. The first-order chi connectivity index (χ1) is 13.6. The molecule has 4 rings (SSSR count). The van der Waals surface area contributed by atoms with Crippen LogP contribution in [-0.4, -0.2) is 36.7 Å². The van der Waals surface area contributed by atoms with Gasteiger partial charge in [0.05, 0.1) is 16.9 Å². The molecule has 7 heteroatoms. The summed E-state index contributed by atoms with van der Waals surface area (Å²) in [5.74, 6) is 0.921. The van der Waals surface area contributed by atoms with E-state index in [2.05, 4.69) is 16.0 Å². The molecule has 0 aromatic heterocycles. The zero-order chi connectivity index (χ0) is 19.6. The van der Waals surface area contributed by atoms with Gasteiger partial charge in [0.25, 0.3) is 0 Å². The van der Waals surface area contributed by atoms with Gasteiger partial charge < -0.3 is 20.5 Å². The molecular formula is C21H25ClN4O2. The molecule has 1 fully saturated rings. The molecule has 148 valence electrons. The number of anilines is 1. The molecule has 2 aromatic carbocycles. The van der Waals surface area contributed by atoms with Gasteiger partial charge in [-0.1, -0.05) is 29.8 Å². The van der Waals surface area contributed by atoms with E-state index in [9.17, 15) is 5.11 Å². The van der Waals surface area contributed by atoms with E-state index in [1.807, 2.05) is 42.5 Å². The van der Waals surface area contributed by atoms with Gasteiger partial charge >= 0.3 is 0 Å². The molecule has 0 saturated carbocycles. The Bertz CT molecular complexity index is 880. The highest BCUT2D eigenvalue weighted by atomic mass is 35.5. The lowest BCUT2D eigenvalue weighted by Crippen LogP contribution is -2.56. The Balaban J connectivity index is 1.64. The Kier molecular flexibility index (Phi) is 5.55. The first-order valence-electron chi connectivity index (χ1n) is 9.52. The standard InChI is InChI=1S/C21H25ClN4O2/c1-23-19(27)15-5-6-17-18(12-15)26-21(7-9-28-10-8-21)20(25-17)24-13-14-3-2-4-16(22)11-14/h2-6,11-12,19,23,26-27H,7-10,13H2,1H3,(H,24,25). The maximum absolute atomic E-state index is 10.1. The molecule has 0 radical (unpaired) electrons. The van der Waals surface area contributed by atoms with Crippen molar-refractivity contribution in [1.82, 2.24) is 10.6 Å². The van der Waals surface area contributed by atoms with E-state index in [-0.39, 0.29) is 5.54 Å². The predicted octanol–water partition coefficient (Wildman–Crippen LogP) is 3.34. The van der Waals surface area contributed by atoms with Crippen molar-refractivity contribution in [3.05, 3.63) is 58.6 Å². The number of fused-ring (bicyclic) bond motifs is 1. The van der Waals surface area contributed by atoms with Crippen LogP contribution >= 0.6 is 11.6 Å². The number of aliphatic hydroxyl groups is 1. The Morgan fingerprint density at radius 1 is 1.25 bits per heavy atom. The molecule has 6 nitrogen and oxygen atoms in total. The lowest BCUT2D eigenvalue weighted by atomic mass is 9.86. The van der Waals surface area contributed by atoms with Gasteiger partial charge in [-0.25, -0.2) is 4.99 Å². The monoisotopic (exact) mass is 400 g/mol. The minimum absolute atomic E-state index is 0.299. The van der Waals surface area contributed by atoms with Gasteiger partial charge in [0.15, 0.2) is 0 Å². The number of hydrogen-bond donors (Lipinski definition) is 4. The van der Waals surface area contributed by atoms with Gasteiger partial charge in [0, 0.05) is 37.6 Å². The van der Waals surface area contributed by atoms with E-state index in [1.165, 1.54) is 0 Å². The highest BCUT2D eigenvalue weighted by Gasteiger charge is 2.40. The summed E-state index contributed by atoms with van der Waals surface area (Å²) in [6.07, 6.45) is 0.947. The highest BCUT2D eigenvalue weighted by Crippen LogP contribution is 2.39. The van der Waals surface area contributed by atoms with E-state index in [0.29, 0.717) is 19.8 Å². The average molecular weight is 401 g/mol. The van der Waals surface area contributed by atoms with Crippen LogP contribution in [0.25, 0.3) is 0 Å². The molecule has 0 bridgehead atoms. The lowest BCUT2D eigenvalue weighted by molar-refractivity contribution is 0.0770. The maximum atomic E-state index is 10.1. The Morgan fingerprint density at radius 2 is 2.07 bits per heavy atom. The molecule has 1 saturated heterocycles. The number of rotatable bonds is 4. The van der Waals surface area contributed by atoms with E-state index in [0.717, 1.165) is 46.2 Å². The number of amidine groups is 1. The second-order valence-electron chi connectivity index (χ2n) is 7.23. The van der Waals surface area contributed by atoms with Crippen LogP contribution in [0.4, 0.5) is 11.4 Å². The average Bonchev–Trinajstić information content (AvgIpc) is 2.72. The highest BCUT2D eigenvalue weighted by molar-refractivity contribution is 6.30. The van der Waals surface area contributed by atoms with Crippen molar-refractivity contribution in [1.29, 1.82) is 0 Å². The Morgan fingerprint density at radius 3 is 2.82 bits per heavy atom. The Hall–Kier alpha value is -2.12. The number of benzene rings is 2. The molecule has 2 aromatic rings. The lowest BCUT2D eigenvalue weighted by Gasteiger charge is -2.42. The van der Waals surface area contributed by atoms with Crippen molar-refractivity contribution >= 4 is 28.8 Å². The predicted molar refractivity (Wildman–Crippen MR) is 112 cm³/mol. The van der Waals surface area contributed by atoms with Crippen molar-refractivity contribution < 1.29 is 9.84 Å². The van der Waals surface area contributed by atoms with Crippen molar-refractivity contribution in [3.63, 3.8) is 0 Å². The summed E-state index contributed by atoms with van der Waals surface area (Å²) in [6, 6.07) is 13.6. The number of aliphatic imine (C=N–C) groups is 1. The number of nitrogens with one attached hydrogen (secondary N) is 3. The minimum atomic E-state index is -0.705. The van der Waals surface area contributed by atoms with Crippen molar-refractivity contribution in [3.8, 4) is 0 Å². The molecule has 4 N–H and O–H groups in total. The molecule has 2 aliphatic rings. The summed E-state index contributed by atoms with van der Waals surface area (Å²) in [6.45, 7) is 2.01. The SMILES string of the molecule is CNC(O)c1ccc2c(c1)NC1(CCOCC1)C(NCc1cccc(Cl)c1)=N2. The van der Waals surface area contributed by atoms with Gasteiger partial charge in [0.2, 0.25) is 0 Å². The largest absolute Gasteiger partial charge is 0.381 e. The zero-order valence-corrected chi connectivity index (χ0v) is 16.6. The van der Waals surface area contributed by atoms with E-state index >= 15 is 0 Å². The number of hydrogen-bond acceptors (Lipinski definition) is 6. The van der Waals surface area contributed by atoms with Gasteiger partial charge in [-0.3, -0.25) is 5.32 Å². The summed E-state index contributed by atoms with van der Waals surface area (Å²) in [5, 5.41) is 20.9. The molecule has 0 amide bonds. The fourth-order valence-corrected chi connectivity index (χ4v) is 3.97. The summed E-state index contributed by atoms with van der Waals surface area (Å²) in [5.41, 5.74) is 3.41. The fourth-order valence-electron chi connectivity index (χ4n) is 3.76. The number of nitrogens with zero attached hydrogens (tertiary/aromatic N) is 1. The van der Waals surface area contributed by atoms with Gasteiger partial charge in [-0.15, -0.1) is 0 Å². The molecule has 2 heterocycles. The van der Waals surface area contributed by atoms with E-state index < -0.39 is 6.23 Å². The van der Waals surface area contributed by atoms with Crippen LogP contribution in [0.1, 0.15) is 30.2 Å². The maximum Gasteiger partial charge on any atom is 0.130 e. The van der Waals surface area contributed by atoms with Gasteiger partial charge in [0.1, 0.15) is 12.1 Å². The summed E-state index contributed by atoms with van der Waals surface area (Å²) in [7, 11) is 1.73. The van der Waals surface area contributed by atoms with Crippen LogP contribution in [0.3, 0.4) is 0 Å². The Labute approximate surface area is 170 Å². The van der Waals surface area contributed by atoms with Crippen LogP contribution in [0.5, 0.6) is 0 Å². The molecule has 1 unspecified atom stereocenters. The van der Waals surface area contributed by atoms with Crippen LogP contribution < -0.4 is 16.0 Å². The number of aliphatic hydroxyl groups excluding tert-OH is 1. The first kappa shape index (κ1) is 19.2. The third kappa shape index (κ3) is 3.86. The third-order valence-electron chi connectivity index (χ3n) is 5.36. The van der Waals surface area contributed by atoms with Crippen molar-refractivity contribution in [2.24, 2.45) is 4.99 Å². The normalized spacial score (nSPS) is 18.8. The topological polar surface area (TPSA) is 77.9 Å². The van der Waals surface area contributed by atoms with Crippen LogP contribution in [-0.2, 0) is 11.3 Å². The number of halogens is 1. The van der Waals surface area contributed by atoms with Crippen molar-refractivity contribution in [2.75, 3.05) is 25.6 Å².